The molecule has 1 heterocycles. The third-order valence-corrected chi connectivity index (χ3v) is 8.84. The lowest BCUT2D eigenvalue weighted by Gasteiger charge is -2.25. The summed E-state index contributed by atoms with van der Waals surface area (Å²) in [5.41, 5.74) is 6.67. The topological polar surface area (TPSA) is 184 Å². The fourth-order valence-corrected chi connectivity index (χ4v) is 6.22. The number of methoxy groups -OCH3 is 3. The summed E-state index contributed by atoms with van der Waals surface area (Å²) in [6, 6.07) is 12.5. The fraction of sp³-hybridized carbons (Fsp3) is 0.385. The first-order valence-corrected chi connectivity index (χ1v) is 16.9. The van der Waals surface area contributed by atoms with Crippen LogP contribution in [0.3, 0.4) is 0 Å². The van der Waals surface area contributed by atoms with Gasteiger partial charge in [-0.3, -0.25) is 14.4 Å². The summed E-state index contributed by atoms with van der Waals surface area (Å²) in [5, 5.41) is 26.2. The number of primary amides is 1. The number of rotatable bonds is 11. The van der Waals surface area contributed by atoms with Gasteiger partial charge < -0.3 is 40.2 Å². The zero-order valence-corrected chi connectivity index (χ0v) is 29.4. The molecule has 12 nitrogen and oxygen atoms in total. The molecule has 1 aliphatic heterocycles. The third-order valence-electron chi connectivity index (χ3n) is 8.84. The lowest BCUT2D eigenvalue weighted by molar-refractivity contribution is -0.127. The minimum absolute atomic E-state index is 0.136. The number of amides is 2. The summed E-state index contributed by atoms with van der Waals surface area (Å²) in [6.07, 6.45) is 5.40. The van der Waals surface area contributed by atoms with Gasteiger partial charge in [0.1, 0.15) is 28.9 Å². The van der Waals surface area contributed by atoms with E-state index in [-0.39, 0.29) is 46.1 Å². The van der Waals surface area contributed by atoms with Crippen molar-refractivity contribution in [2.24, 2.45) is 5.73 Å². The van der Waals surface area contributed by atoms with Crippen LogP contribution in [0.5, 0.6) is 28.7 Å². The molecule has 0 aliphatic carbocycles. The lowest BCUT2D eigenvalue weighted by atomic mass is 9.84. The van der Waals surface area contributed by atoms with Crippen molar-refractivity contribution in [2.45, 2.75) is 76.4 Å². The molecule has 0 aromatic heterocycles. The van der Waals surface area contributed by atoms with Gasteiger partial charge in [-0.2, -0.15) is 0 Å². The summed E-state index contributed by atoms with van der Waals surface area (Å²) in [7, 11) is 4.28. The highest BCUT2D eigenvalue weighted by Crippen LogP contribution is 2.47. The number of phenolic OH excluding ortho intramolecular Hbond substituents is 2. The number of ether oxygens (including phenoxy) is 4. The number of cyclic esters (lactones) is 1. The molecule has 3 aromatic carbocycles. The molecule has 3 aromatic rings. The Bertz CT molecular complexity index is 1730. The van der Waals surface area contributed by atoms with E-state index in [1.54, 1.807) is 55.5 Å². The Morgan fingerprint density at radius 2 is 1.65 bits per heavy atom. The quantitative estimate of drug-likeness (QED) is 0.190. The largest absolute Gasteiger partial charge is 0.507 e. The van der Waals surface area contributed by atoms with Gasteiger partial charge in [0.05, 0.1) is 27.4 Å². The molecule has 5 N–H and O–H groups in total. The molecule has 0 fully saturated rings. The zero-order valence-electron chi connectivity index (χ0n) is 29.4. The number of phenols is 2. The number of fused-ring (bicyclic) bond motifs is 1. The average molecular weight is 703 g/mol. The predicted octanol–water partition coefficient (Wildman–Crippen LogP) is 5.34. The van der Waals surface area contributed by atoms with Crippen molar-refractivity contribution in [2.75, 3.05) is 21.3 Å². The summed E-state index contributed by atoms with van der Waals surface area (Å²) < 4.78 is 22.3. The molecule has 2 amide bonds. The highest BCUT2D eigenvalue weighted by Gasteiger charge is 2.33. The Labute approximate surface area is 297 Å². The van der Waals surface area contributed by atoms with Gasteiger partial charge in [0, 0.05) is 37.2 Å². The van der Waals surface area contributed by atoms with Crippen molar-refractivity contribution in [1.82, 2.24) is 5.32 Å². The van der Waals surface area contributed by atoms with E-state index in [2.05, 4.69) is 5.32 Å². The summed E-state index contributed by atoms with van der Waals surface area (Å²) >= 11 is 0. The van der Waals surface area contributed by atoms with E-state index in [1.807, 2.05) is 6.07 Å². The monoisotopic (exact) mass is 702 g/mol. The number of ketones is 1. The van der Waals surface area contributed by atoms with Crippen LogP contribution >= 0.6 is 0 Å². The van der Waals surface area contributed by atoms with E-state index in [9.17, 15) is 29.4 Å². The molecule has 1 unspecified atom stereocenters. The Morgan fingerprint density at radius 1 is 0.980 bits per heavy atom. The van der Waals surface area contributed by atoms with Gasteiger partial charge in [-0.1, -0.05) is 42.5 Å². The van der Waals surface area contributed by atoms with E-state index in [0.717, 1.165) is 5.56 Å². The number of nitrogens with two attached hydrogens (primary N) is 1. The molecule has 0 bridgehead atoms. The summed E-state index contributed by atoms with van der Waals surface area (Å²) in [4.78, 5) is 52.2. The number of hydrogen-bond donors (Lipinski definition) is 4. The molecule has 0 saturated carbocycles. The molecule has 12 heteroatoms. The zero-order chi connectivity index (χ0) is 37.1. The maximum Gasteiger partial charge on any atom is 0.342 e. The Morgan fingerprint density at radius 3 is 2.27 bits per heavy atom. The lowest BCUT2D eigenvalue weighted by Crippen LogP contribution is -2.46. The average Bonchev–Trinajstić information content (AvgIpc) is 3.09. The van der Waals surface area contributed by atoms with Crippen LogP contribution in [-0.2, 0) is 25.5 Å². The van der Waals surface area contributed by atoms with E-state index >= 15 is 0 Å². The van der Waals surface area contributed by atoms with Gasteiger partial charge in [0.15, 0.2) is 11.5 Å². The maximum atomic E-state index is 13.8. The van der Waals surface area contributed by atoms with Crippen LogP contribution in [0.25, 0.3) is 6.08 Å². The normalized spacial score (nSPS) is 16.5. The molecule has 4 rings (SSSR count). The SMILES string of the molecule is COc1cc(C(CC(=O)N[C@@H](Cc2ccccc2)C(N)=O)c2c(O)cc3c(c2O)C(=O)O[C@@H](C)CCCC(=O)CCCC=C3)cc(OC)c1OC. The second-order valence-electron chi connectivity index (χ2n) is 12.5. The third kappa shape index (κ3) is 9.80. The number of aromatic hydroxyl groups is 2. The molecule has 3 atom stereocenters. The van der Waals surface area contributed by atoms with Crippen molar-refractivity contribution in [3.05, 3.63) is 82.4 Å². The summed E-state index contributed by atoms with van der Waals surface area (Å²) in [6.45, 7) is 1.70. The minimum Gasteiger partial charge on any atom is -0.507 e. The molecular formula is C39H46N2O10. The van der Waals surface area contributed by atoms with Gasteiger partial charge in [0.25, 0.3) is 0 Å². The van der Waals surface area contributed by atoms with Crippen LogP contribution in [0.2, 0.25) is 0 Å². The first-order valence-electron chi connectivity index (χ1n) is 16.9. The molecule has 0 radical (unpaired) electrons. The smallest absolute Gasteiger partial charge is 0.342 e. The number of benzene rings is 3. The summed E-state index contributed by atoms with van der Waals surface area (Å²) in [5.74, 6) is -3.44. The molecule has 51 heavy (non-hydrogen) atoms. The first-order chi connectivity index (χ1) is 24.5. The van der Waals surface area contributed by atoms with E-state index in [4.69, 9.17) is 24.7 Å². The Hall–Kier alpha value is -5.52. The molecule has 0 spiro atoms. The van der Waals surface area contributed by atoms with Crippen LogP contribution in [0.15, 0.2) is 54.6 Å². The number of hydrogen-bond acceptors (Lipinski definition) is 10. The van der Waals surface area contributed by atoms with Gasteiger partial charge >= 0.3 is 5.97 Å². The van der Waals surface area contributed by atoms with Gasteiger partial charge in [-0.25, -0.2) is 4.79 Å². The number of carbonyl (C=O) groups excluding carboxylic acids is 4. The maximum absolute atomic E-state index is 13.8. The standard InChI is InChI=1S/C39H46N2O10/c1-23-12-11-17-27(42)16-10-6-9-15-25-19-30(43)35(36(45)34(25)39(47)51-23)28(26-20-31(48-2)37(50-4)32(21-26)49-3)22-33(44)41-29(38(40)46)18-24-13-7-5-8-14-24/h5,7-9,13-15,19-21,23,28-29,43,45H,6,10-12,16-18,22H2,1-4H3,(H2,40,46)(H,41,44)/t23-,28?,29-/m0/s1. The molecule has 1 aliphatic rings. The number of Topliss-reactive ketones (excluding diaryl/α,β-unsaturated/α-hetero) is 1. The second kappa shape index (κ2) is 17.9. The van der Waals surface area contributed by atoms with Crippen molar-refractivity contribution < 1.29 is 48.3 Å². The van der Waals surface area contributed by atoms with Crippen LogP contribution in [0, 0.1) is 0 Å². The van der Waals surface area contributed by atoms with Gasteiger partial charge in [-0.15, -0.1) is 0 Å². The Kier molecular flexibility index (Phi) is 13.5. The van der Waals surface area contributed by atoms with Gasteiger partial charge in [0.2, 0.25) is 17.6 Å². The van der Waals surface area contributed by atoms with E-state index < -0.39 is 53.8 Å². The van der Waals surface area contributed by atoms with Crippen molar-refractivity contribution >= 4 is 29.6 Å². The van der Waals surface area contributed by atoms with Crippen molar-refractivity contribution in [1.29, 1.82) is 0 Å². The molecular weight excluding hydrogens is 656 g/mol. The van der Waals surface area contributed by atoms with Crippen LogP contribution < -0.4 is 25.3 Å². The second-order valence-corrected chi connectivity index (χ2v) is 12.5. The van der Waals surface area contributed by atoms with Crippen LogP contribution in [0.4, 0.5) is 0 Å². The molecule has 272 valence electrons. The minimum atomic E-state index is -1.12. The van der Waals surface area contributed by atoms with Crippen molar-refractivity contribution in [3.63, 3.8) is 0 Å². The van der Waals surface area contributed by atoms with Crippen LogP contribution in [0.1, 0.15) is 90.4 Å². The highest BCUT2D eigenvalue weighted by molar-refractivity contribution is 5.98. The highest BCUT2D eigenvalue weighted by atomic mass is 16.5. The van der Waals surface area contributed by atoms with E-state index in [0.29, 0.717) is 44.1 Å². The Balaban J connectivity index is 1.85. The fourth-order valence-electron chi connectivity index (χ4n) is 6.22. The van der Waals surface area contributed by atoms with Crippen molar-refractivity contribution in [3.8, 4) is 28.7 Å². The molecule has 0 saturated heterocycles. The van der Waals surface area contributed by atoms with Crippen LogP contribution in [-0.4, -0.2) is 67.3 Å². The number of esters is 1. The predicted molar refractivity (Wildman–Crippen MR) is 190 cm³/mol. The number of nitrogens with one attached hydrogen (secondary N) is 1. The van der Waals surface area contributed by atoms with E-state index in [1.165, 1.54) is 27.4 Å². The number of carbonyl (C=O) groups is 4. The van der Waals surface area contributed by atoms with Gasteiger partial charge in [-0.05, 0) is 67.5 Å². The first kappa shape index (κ1) is 38.3. The number of allylic oxidation sites excluding steroid dienone is 1.